The van der Waals surface area contributed by atoms with Crippen LogP contribution in [0.15, 0.2) is 53.6 Å². The molecule has 2 N–H and O–H groups in total. The second kappa shape index (κ2) is 9.66. The SMILES string of the molecule is COCCOC(=O)Nc1cccc(NC(=O)Cn2cnc3c(C)cccc3c2=O)c1. The number of aryl methyl sites for hydroxylation is 1. The fourth-order valence-corrected chi connectivity index (χ4v) is 2.85. The summed E-state index contributed by atoms with van der Waals surface area (Å²) in [5.74, 6) is -0.397. The maximum atomic E-state index is 12.6. The van der Waals surface area contributed by atoms with Crippen molar-refractivity contribution in [3.8, 4) is 0 Å². The minimum atomic E-state index is -0.625. The van der Waals surface area contributed by atoms with Crippen molar-refractivity contribution in [1.29, 1.82) is 0 Å². The van der Waals surface area contributed by atoms with Crippen LogP contribution in [0.3, 0.4) is 0 Å². The van der Waals surface area contributed by atoms with Gasteiger partial charge in [0.25, 0.3) is 5.56 Å². The minimum Gasteiger partial charge on any atom is -0.447 e. The van der Waals surface area contributed by atoms with E-state index in [1.807, 2.05) is 13.0 Å². The Bertz CT molecular complexity index is 1130. The number of rotatable bonds is 7. The number of fused-ring (bicyclic) bond motifs is 1. The van der Waals surface area contributed by atoms with E-state index in [1.165, 1.54) is 18.0 Å². The summed E-state index contributed by atoms with van der Waals surface area (Å²) in [6, 6.07) is 11.9. The molecule has 0 aliphatic heterocycles. The minimum absolute atomic E-state index is 0.132. The summed E-state index contributed by atoms with van der Waals surface area (Å²) < 4.78 is 11.0. The molecule has 9 heteroatoms. The second-order valence-electron chi connectivity index (χ2n) is 6.53. The van der Waals surface area contributed by atoms with Gasteiger partial charge in [-0.25, -0.2) is 9.78 Å². The van der Waals surface area contributed by atoms with E-state index in [1.54, 1.807) is 36.4 Å². The number of anilines is 2. The van der Waals surface area contributed by atoms with Gasteiger partial charge in [-0.1, -0.05) is 18.2 Å². The molecule has 0 aliphatic rings. The number of amides is 2. The Morgan fingerprint density at radius 2 is 1.80 bits per heavy atom. The lowest BCUT2D eigenvalue weighted by molar-refractivity contribution is -0.116. The van der Waals surface area contributed by atoms with Crippen LogP contribution < -0.4 is 16.2 Å². The average molecular weight is 410 g/mol. The number of methoxy groups -OCH3 is 1. The van der Waals surface area contributed by atoms with E-state index < -0.39 is 12.0 Å². The van der Waals surface area contributed by atoms with E-state index in [9.17, 15) is 14.4 Å². The maximum Gasteiger partial charge on any atom is 0.411 e. The highest BCUT2D eigenvalue weighted by atomic mass is 16.6. The van der Waals surface area contributed by atoms with Crippen LogP contribution in [0.2, 0.25) is 0 Å². The van der Waals surface area contributed by atoms with Crippen LogP contribution in [0.4, 0.5) is 16.2 Å². The first-order valence-corrected chi connectivity index (χ1v) is 9.25. The van der Waals surface area contributed by atoms with Crippen molar-refractivity contribution in [3.05, 3.63) is 64.7 Å². The molecule has 2 amide bonds. The van der Waals surface area contributed by atoms with Crippen LogP contribution in [0.5, 0.6) is 0 Å². The Balaban J connectivity index is 1.65. The number of hydrogen-bond acceptors (Lipinski definition) is 6. The molecule has 0 atom stereocenters. The summed E-state index contributed by atoms with van der Waals surface area (Å²) in [6.45, 7) is 2.12. The van der Waals surface area contributed by atoms with Crippen LogP contribution in [0.1, 0.15) is 5.56 Å². The van der Waals surface area contributed by atoms with Crippen LogP contribution in [-0.4, -0.2) is 41.9 Å². The number of nitrogens with zero attached hydrogens (tertiary/aromatic N) is 2. The zero-order chi connectivity index (χ0) is 21.5. The van der Waals surface area contributed by atoms with Gasteiger partial charge in [0.2, 0.25) is 5.91 Å². The molecule has 0 radical (unpaired) electrons. The molecule has 0 saturated carbocycles. The third kappa shape index (κ3) is 5.21. The van der Waals surface area contributed by atoms with Gasteiger partial charge in [-0.2, -0.15) is 0 Å². The summed E-state index contributed by atoms with van der Waals surface area (Å²) >= 11 is 0. The summed E-state index contributed by atoms with van der Waals surface area (Å²) in [6.07, 6.45) is 0.741. The Labute approximate surface area is 172 Å². The lowest BCUT2D eigenvalue weighted by Crippen LogP contribution is -2.28. The Kier molecular flexibility index (Phi) is 6.76. The van der Waals surface area contributed by atoms with Crippen LogP contribution >= 0.6 is 0 Å². The van der Waals surface area contributed by atoms with Gasteiger partial charge in [0.1, 0.15) is 13.2 Å². The smallest absolute Gasteiger partial charge is 0.411 e. The molecule has 1 heterocycles. The van der Waals surface area contributed by atoms with Gasteiger partial charge in [-0.05, 0) is 36.8 Å². The number of para-hydroxylation sites is 1. The van der Waals surface area contributed by atoms with Gasteiger partial charge >= 0.3 is 6.09 Å². The van der Waals surface area contributed by atoms with Gasteiger partial charge in [-0.15, -0.1) is 0 Å². The van der Waals surface area contributed by atoms with Crippen molar-refractivity contribution in [2.75, 3.05) is 31.0 Å². The molecular formula is C21H22N4O5. The van der Waals surface area contributed by atoms with E-state index >= 15 is 0 Å². The average Bonchev–Trinajstić information content (AvgIpc) is 2.71. The van der Waals surface area contributed by atoms with Crippen LogP contribution in [-0.2, 0) is 20.8 Å². The first-order valence-electron chi connectivity index (χ1n) is 9.25. The highest BCUT2D eigenvalue weighted by Crippen LogP contribution is 2.16. The van der Waals surface area contributed by atoms with E-state index in [4.69, 9.17) is 9.47 Å². The number of carbonyl (C=O) groups excluding carboxylic acids is 2. The van der Waals surface area contributed by atoms with Crippen molar-refractivity contribution in [2.24, 2.45) is 0 Å². The van der Waals surface area contributed by atoms with Gasteiger partial charge in [0, 0.05) is 18.5 Å². The van der Waals surface area contributed by atoms with Crippen molar-refractivity contribution < 1.29 is 19.1 Å². The zero-order valence-corrected chi connectivity index (χ0v) is 16.7. The van der Waals surface area contributed by atoms with E-state index in [-0.39, 0.29) is 18.7 Å². The highest BCUT2D eigenvalue weighted by molar-refractivity contribution is 5.92. The van der Waals surface area contributed by atoms with Crippen LogP contribution in [0, 0.1) is 6.92 Å². The number of nitrogens with one attached hydrogen (secondary N) is 2. The fraction of sp³-hybridized carbons (Fsp3) is 0.238. The summed E-state index contributed by atoms with van der Waals surface area (Å²) in [7, 11) is 1.51. The van der Waals surface area contributed by atoms with Crippen LogP contribution in [0.25, 0.3) is 10.9 Å². The standard InChI is InChI=1S/C21H22N4O5/c1-14-5-3-8-17-19(14)22-13-25(20(17)27)12-18(26)23-15-6-4-7-16(11-15)24-21(28)30-10-9-29-2/h3-8,11,13H,9-10,12H2,1-2H3,(H,23,26)(H,24,28). The monoisotopic (exact) mass is 410 g/mol. The highest BCUT2D eigenvalue weighted by Gasteiger charge is 2.10. The summed E-state index contributed by atoms with van der Waals surface area (Å²) in [5, 5.41) is 5.73. The van der Waals surface area contributed by atoms with E-state index in [0.717, 1.165) is 5.56 Å². The molecule has 3 aromatic rings. The normalized spacial score (nSPS) is 10.6. The number of ether oxygens (including phenoxy) is 2. The number of aromatic nitrogens is 2. The number of carbonyl (C=O) groups is 2. The second-order valence-corrected chi connectivity index (χ2v) is 6.53. The predicted octanol–water partition coefficient (Wildman–Crippen LogP) is 2.54. The molecule has 0 unspecified atom stereocenters. The Morgan fingerprint density at radius 3 is 2.57 bits per heavy atom. The molecule has 0 bridgehead atoms. The molecule has 1 aromatic heterocycles. The summed E-state index contributed by atoms with van der Waals surface area (Å²) in [4.78, 5) is 41.0. The molecule has 156 valence electrons. The fourth-order valence-electron chi connectivity index (χ4n) is 2.85. The number of benzene rings is 2. The maximum absolute atomic E-state index is 12.6. The molecule has 0 fully saturated rings. The van der Waals surface area contributed by atoms with Crippen molar-refractivity contribution >= 4 is 34.3 Å². The Morgan fingerprint density at radius 1 is 1.07 bits per heavy atom. The molecule has 30 heavy (non-hydrogen) atoms. The predicted molar refractivity (Wildman–Crippen MR) is 113 cm³/mol. The quantitative estimate of drug-likeness (QED) is 0.579. The molecular weight excluding hydrogens is 388 g/mol. The molecule has 0 aliphatic carbocycles. The summed E-state index contributed by atoms with van der Waals surface area (Å²) in [5.41, 5.74) is 2.15. The topological polar surface area (TPSA) is 112 Å². The first-order chi connectivity index (χ1) is 14.5. The molecule has 0 saturated heterocycles. The third-order valence-electron chi connectivity index (χ3n) is 4.28. The molecule has 0 spiro atoms. The largest absolute Gasteiger partial charge is 0.447 e. The first kappa shape index (κ1) is 21.0. The zero-order valence-electron chi connectivity index (χ0n) is 16.7. The third-order valence-corrected chi connectivity index (χ3v) is 4.28. The lowest BCUT2D eigenvalue weighted by Gasteiger charge is -2.10. The van der Waals surface area contributed by atoms with Gasteiger partial charge < -0.3 is 14.8 Å². The van der Waals surface area contributed by atoms with Gasteiger partial charge in [0.15, 0.2) is 0 Å². The van der Waals surface area contributed by atoms with Crippen molar-refractivity contribution in [3.63, 3.8) is 0 Å². The molecule has 9 nitrogen and oxygen atoms in total. The van der Waals surface area contributed by atoms with Crippen molar-refractivity contribution in [1.82, 2.24) is 9.55 Å². The molecule has 2 aromatic carbocycles. The lowest BCUT2D eigenvalue weighted by atomic mass is 10.1. The van der Waals surface area contributed by atoms with Crippen molar-refractivity contribution in [2.45, 2.75) is 13.5 Å². The molecule has 3 rings (SSSR count). The van der Waals surface area contributed by atoms with Gasteiger partial charge in [-0.3, -0.25) is 19.5 Å². The van der Waals surface area contributed by atoms with E-state index in [2.05, 4.69) is 15.6 Å². The van der Waals surface area contributed by atoms with E-state index in [0.29, 0.717) is 28.9 Å². The van der Waals surface area contributed by atoms with Gasteiger partial charge in [0.05, 0.1) is 23.8 Å². The number of hydrogen-bond donors (Lipinski definition) is 2. The Hall–Kier alpha value is -3.72.